The third kappa shape index (κ3) is 2.18. The molecular weight excluding hydrogens is 290 g/mol. The molecule has 1 N–H and O–H groups in total. The van der Waals surface area contributed by atoms with Crippen LogP contribution < -0.4 is 5.48 Å². The number of hydroxylamine groups is 1. The summed E-state index contributed by atoms with van der Waals surface area (Å²) in [5.74, 6) is 2.53. The molecule has 1 unspecified atom stereocenters. The van der Waals surface area contributed by atoms with Gasteiger partial charge in [-0.15, -0.1) is 0 Å². The zero-order valence-corrected chi connectivity index (χ0v) is 13.3. The normalized spacial score (nSPS) is 34.6. The van der Waals surface area contributed by atoms with Crippen molar-refractivity contribution >= 4 is 22.5 Å². The molecule has 1 aromatic carbocycles. The Morgan fingerprint density at radius 2 is 2.13 bits per heavy atom. The number of hydrogen-bond donors (Lipinski definition) is 1. The maximum Gasteiger partial charge on any atom is 0.134 e. The lowest BCUT2D eigenvalue weighted by Crippen LogP contribution is -2.59. The van der Waals surface area contributed by atoms with Crippen LogP contribution in [0.5, 0.6) is 0 Å². The number of rotatable bonds is 1. The summed E-state index contributed by atoms with van der Waals surface area (Å²) < 4.78 is 5.62. The van der Waals surface area contributed by atoms with Crippen molar-refractivity contribution in [2.24, 2.45) is 10.9 Å². The molecule has 5 heterocycles. The Bertz CT molecular complexity index is 789. The van der Waals surface area contributed by atoms with E-state index in [0.29, 0.717) is 5.92 Å². The molecule has 5 nitrogen and oxygen atoms in total. The lowest BCUT2D eigenvalue weighted by Gasteiger charge is -2.49. The monoisotopic (exact) mass is 311 g/mol. The van der Waals surface area contributed by atoms with Crippen LogP contribution >= 0.6 is 0 Å². The van der Waals surface area contributed by atoms with Gasteiger partial charge in [0.1, 0.15) is 22.8 Å². The Labute approximate surface area is 135 Å². The smallest absolute Gasteiger partial charge is 0.134 e. The van der Waals surface area contributed by atoms with Gasteiger partial charge in [-0.05, 0) is 63.0 Å². The molecular formula is C18H21N3O2. The molecule has 2 bridgehead atoms. The predicted octanol–water partition coefficient (Wildman–Crippen LogP) is 3.16. The van der Waals surface area contributed by atoms with Gasteiger partial charge < -0.3 is 9.32 Å². The average molecular weight is 311 g/mol. The highest BCUT2D eigenvalue weighted by Gasteiger charge is 2.52. The quantitative estimate of drug-likeness (QED) is 0.879. The minimum Gasteiger partial charge on any atom is -0.461 e. The predicted molar refractivity (Wildman–Crippen MR) is 88.8 cm³/mol. The van der Waals surface area contributed by atoms with Crippen molar-refractivity contribution in [2.75, 3.05) is 19.6 Å². The number of nitrogens with zero attached hydrogens (tertiary/aromatic N) is 2. The molecule has 5 heteroatoms. The minimum atomic E-state index is -0.0638. The number of piperidine rings is 3. The molecule has 120 valence electrons. The fourth-order valence-electron chi connectivity index (χ4n) is 4.41. The van der Waals surface area contributed by atoms with Gasteiger partial charge in [-0.25, -0.2) is 4.99 Å². The lowest BCUT2D eigenvalue weighted by atomic mass is 9.74. The molecule has 0 saturated carbocycles. The molecule has 23 heavy (non-hydrogen) atoms. The lowest BCUT2D eigenvalue weighted by molar-refractivity contribution is -0.150. The van der Waals surface area contributed by atoms with Gasteiger partial charge >= 0.3 is 0 Å². The molecule has 0 radical (unpaired) electrons. The first-order chi connectivity index (χ1) is 11.2. The second-order valence-electron chi connectivity index (χ2n) is 7.13. The molecule has 4 fully saturated rings. The summed E-state index contributed by atoms with van der Waals surface area (Å²) in [6, 6.07) is 8.11. The van der Waals surface area contributed by atoms with E-state index in [0.717, 1.165) is 41.2 Å². The first-order valence-corrected chi connectivity index (χ1v) is 8.44. The Morgan fingerprint density at radius 1 is 1.26 bits per heavy atom. The van der Waals surface area contributed by atoms with Crippen LogP contribution in [0, 0.1) is 12.8 Å². The van der Waals surface area contributed by atoms with Crippen molar-refractivity contribution in [3.8, 4) is 0 Å². The van der Waals surface area contributed by atoms with E-state index in [4.69, 9.17) is 14.2 Å². The van der Waals surface area contributed by atoms with Crippen molar-refractivity contribution in [3.05, 3.63) is 30.0 Å². The molecule has 1 spiro atoms. The number of furan rings is 1. The highest BCUT2D eigenvalue weighted by molar-refractivity contribution is 5.88. The third-order valence-electron chi connectivity index (χ3n) is 5.55. The number of nitrogens with one attached hydrogen (secondary N) is 1. The van der Waals surface area contributed by atoms with Gasteiger partial charge in [0.15, 0.2) is 0 Å². The third-order valence-corrected chi connectivity index (χ3v) is 5.55. The van der Waals surface area contributed by atoms with E-state index in [1.807, 2.05) is 25.1 Å². The summed E-state index contributed by atoms with van der Waals surface area (Å²) in [4.78, 5) is 13.3. The first-order valence-electron chi connectivity index (χ1n) is 8.44. The van der Waals surface area contributed by atoms with Crippen molar-refractivity contribution in [3.63, 3.8) is 0 Å². The van der Waals surface area contributed by atoms with Crippen molar-refractivity contribution in [1.82, 2.24) is 10.4 Å². The summed E-state index contributed by atoms with van der Waals surface area (Å²) in [6.07, 6.45) is 3.38. The number of aliphatic imine (C=N–C) groups is 1. The van der Waals surface area contributed by atoms with Crippen LogP contribution in [-0.2, 0) is 4.84 Å². The highest BCUT2D eigenvalue weighted by atomic mass is 16.7. The van der Waals surface area contributed by atoms with E-state index in [1.54, 1.807) is 0 Å². The largest absolute Gasteiger partial charge is 0.461 e. The van der Waals surface area contributed by atoms with Crippen LogP contribution in [0.25, 0.3) is 11.0 Å². The molecule has 0 amide bonds. The van der Waals surface area contributed by atoms with Crippen molar-refractivity contribution in [1.29, 1.82) is 0 Å². The molecule has 4 aliphatic rings. The molecule has 1 atom stereocenters. The van der Waals surface area contributed by atoms with Crippen molar-refractivity contribution in [2.45, 2.75) is 31.8 Å². The van der Waals surface area contributed by atoms with Crippen molar-refractivity contribution < 1.29 is 9.25 Å². The van der Waals surface area contributed by atoms with Gasteiger partial charge in [0.2, 0.25) is 0 Å². The summed E-state index contributed by atoms with van der Waals surface area (Å²) in [7, 11) is 0. The van der Waals surface area contributed by atoms with E-state index in [2.05, 4.69) is 16.4 Å². The Kier molecular flexibility index (Phi) is 2.85. The zero-order valence-electron chi connectivity index (χ0n) is 13.3. The van der Waals surface area contributed by atoms with Crippen LogP contribution in [0.3, 0.4) is 0 Å². The Hall–Kier alpha value is -1.85. The standard InChI is InChI=1S/C18H21N3O2/c1-12-8-13-9-15(2-3-16(13)22-12)19-17-10-18(23-20-17)11-21-6-4-14(18)5-7-21/h2-3,8-9,14H,4-7,10-11H2,1H3,(H,19,20). The van der Waals surface area contributed by atoms with Gasteiger partial charge in [0, 0.05) is 18.4 Å². The van der Waals surface area contributed by atoms with Gasteiger partial charge in [-0.2, -0.15) is 0 Å². The van der Waals surface area contributed by atoms with Crippen LogP contribution in [0.15, 0.2) is 33.7 Å². The molecule has 2 aromatic rings. The molecule has 6 rings (SSSR count). The maximum absolute atomic E-state index is 6.05. The van der Waals surface area contributed by atoms with Crippen LogP contribution in [0.2, 0.25) is 0 Å². The van der Waals surface area contributed by atoms with E-state index >= 15 is 0 Å². The molecule has 4 aliphatic heterocycles. The second-order valence-corrected chi connectivity index (χ2v) is 7.13. The minimum absolute atomic E-state index is 0.0638. The van der Waals surface area contributed by atoms with Crippen LogP contribution in [0.4, 0.5) is 5.69 Å². The summed E-state index contributed by atoms with van der Waals surface area (Å²) in [6.45, 7) is 5.44. The number of benzene rings is 1. The second kappa shape index (κ2) is 4.82. The topological polar surface area (TPSA) is 50.0 Å². The summed E-state index contributed by atoms with van der Waals surface area (Å²) in [5.41, 5.74) is 4.90. The van der Waals surface area contributed by atoms with Gasteiger partial charge in [-0.1, -0.05) is 0 Å². The van der Waals surface area contributed by atoms with Crippen LogP contribution in [-0.4, -0.2) is 36.0 Å². The molecule has 4 saturated heterocycles. The van der Waals surface area contributed by atoms with E-state index in [-0.39, 0.29) is 5.60 Å². The number of hydrogen-bond acceptors (Lipinski definition) is 4. The highest BCUT2D eigenvalue weighted by Crippen LogP contribution is 2.42. The summed E-state index contributed by atoms with van der Waals surface area (Å²) >= 11 is 0. The van der Waals surface area contributed by atoms with Crippen LogP contribution in [0.1, 0.15) is 25.0 Å². The Balaban J connectivity index is 1.42. The number of aryl methyl sites for hydroxylation is 1. The maximum atomic E-state index is 6.05. The molecule has 1 aromatic heterocycles. The molecule has 0 aliphatic carbocycles. The fourth-order valence-corrected chi connectivity index (χ4v) is 4.41. The van der Waals surface area contributed by atoms with E-state index < -0.39 is 0 Å². The van der Waals surface area contributed by atoms with Gasteiger partial charge in [-0.3, -0.25) is 10.3 Å². The van der Waals surface area contributed by atoms with E-state index in [9.17, 15) is 0 Å². The first kappa shape index (κ1) is 13.6. The zero-order chi connectivity index (χ0) is 15.4. The SMILES string of the molecule is Cc1cc2cc(N=C3CC4(CN5CCC4CC5)ON3)ccc2o1. The number of fused-ring (bicyclic) bond motifs is 3. The number of amidine groups is 1. The summed E-state index contributed by atoms with van der Waals surface area (Å²) in [5, 5.41) is 1.10. The fraction of sp³-hybridized carbons (Fsp3) is 0.500. The van der Waals surface area contributed by atoms with Gasteiger partial charge in [0.25, 0.3) is 0 Å². The average Bonchev–Trinajstić information content (AvgIpc) is 3.11. The van der Waals surface area contributed by atoms with E-state index in [1.165, 1.54) is 25.9 Å². The Morgan fingerprint density at radius 3 is 2.91 bits per heavy atom. The van der Waals surface area contributed by atoms with Gasteiger partial charge in [0.05, 0.1) is 5.69 Å².